The Morgan fingerprint density at radius 2 is 1.44 bits per heavy atom. The first-order valence-electron chi connectivity index (χ1n) is 8.26. The molecule has 0 aromatic heterocycles. The average molecular weight is 339 g/mol. The zero-order valence-corrected chi connectivity index (χ0v) is 15.1. The lowest BCUT2D eigenvalue weighted by molar-refractivity contribution is -0.115. The van der Waals surface area contributed by atoms with Crippen molar-refractivity contribution in [1.82, 2.24) is 5.32 Å². The third kappa shape index (κ3) is 5.16. The van der Waals surface area contributed by atoms with E-state index in [0.717, 1.165) is 0 Å². The van der Waals surface area contributed by atoms with Gasteiger partial charge in [-0.1, -0.05) is 45.0 Å². The van der Waals surface area contributed by atoms with Crippen LogP contribution < -0.4 is 16.0 Å². The molecule has 2 rings (SSSR count). The summed E-state index contributed by atoms with van der Waals surface area (Å²) >= 11 is 0. The first-order valence-corrected chi connectivity index (χ1v) is 8.26. The van der Waals surface area contributed by atoms with Crippen LogP contribution in [0.2, 0.25) is 0 Å². The number of para-hydroxylation sites is 2. The van der Waals surface area contributed by atoms with Crippen molar-refractivity contribution in [2.75, 3.05) is 24.2 Å². The van der Waals surface area contributed by atoms with Gasteiger partial charge in [0.15, 0.2) is 0 Å². The van der Waals surface area contributed by atoms with Crippen LogP contribution >= 0.6 is 0 Å². The molecular weight excluding hydrogens is 314 g/mol. The smallest absolute Gasteiger partial charge is 0.255 e. The number of hydrogen-bond donors (Lipinski definition) is 3. The van der Waals surface area contributed by atoms with Crippen LogP contribution in [0.4, 0.5) is 11.4 Å². The quantitative estimate of drug-likeness (QED) is 0.782. The minimum atomic E-state index is -0.212. The maximum absolute atomic E-state index is 12.5. The molecule has 2 aromatic carbocycles. The summed E-state index contributed by atoms with van der Waals surface area (Å²) in [5.41, 5.74) is 2.92. The lowest BCUT2D eigenvalue weighted by Gasteiger charge is -2.19. The molecule has 5 heteroatoms. The van der Waals surface area contributed by atoms with Crippen LogP contribution in [0.25, 0.3) is 0 Å². The standard InChI is InChI=1S/C20H25N3O2/c1-20(2,3)15-11-9-14(10-12-15)19(25)23-17-8-6-5-7-16(17)22-18(24)13-21-4/h5-12,21H,13H2,1-4H3,(H,22,24)(H,23,25). The summed E-state index contributed by atoms with van der Waals surface area (Å²) in [6.07, 6.45) is 0. The van der Waals surface area contributed by atoms with E-state index in [1.54, 1.807) is 19.2 Å². The molecule has 0 unspecified atom stereocenters. The molecule has 2 amide bonds. The molecule has 25 heavy (non-hydrogen) atoms. The van der Waals surface area contributed by atoms with Gasteiger partial charge in [0.25, 0.3) is 5.91 Å². The predicted octanol–water partition coefficient (Wildman–Crippen LogP) is 3.39. The van der Waals surface area contributed by atoms with Gasteiger partial charge in [-0.15, -0.1) is 0 Å². The molecular formula is C20H25N3O2. The molecule has 0 fully saturated rings. The van der Waals surface area contributed by atoms with Gasteiger partial charge in [0.2, 0.25) is 5.91 Å². The fourth-order valence-electron chi connectivity index (χ4n) is 2.37. The number of benzene rings is 2. The van der Waals surface area contributed by atoms with Crippen molar-refractivity contribution in [2.45, 2.75) is 26.2 Å². The Morgan fingerprint density at radius 1 is 0.880 bits per heavy atom. The Kier molecular flexibility index (Phi) is 5.93. The third-order valence-electron chi connectivity index (χ3n) is 3.80. The maximum Gasteiger partial charge on any atom is 0.255 e. The average Bonchev–Trinajstić information content (AvgIpc) is 2.56. The summed E-state index contributed by atoms with van der Waals surface area (Å²) in [6.45, 7) is 6.60. The minimum Gasteiger partial charge on any atom is -0.323 e. The molecule has 0 radical (unpaired) electrons. The van der Waals surface area contributed by atoms with E-state index in [1.807, 2.05) is 36.4 Å². The van der Waals surface area contributed by atoms with Crippen molar-refractivity contribution in [3.8, 4) is 0 Å². The second kappa shape index (κ2) is 7.94. The van der Waals surface area contributed by atoms with Crippen LogP contribution in [-0.2, 0) is 10.2 Å². The minimum absolute atomic E-state index is 0.0409. The highest BCUT2D eigenvalue weighted by Gasteiger charge is 2.15. The van der Waals surface area contributed by atoms with Gasteiger partial charge in [0.1, 0.15) is 0 Å². The second-order valence-electron chi connectivity index (χ2n) is 6.91. The summed E-state index contributed by atoms with van der Waals surface area (Å²) in [6, 6.07) is 14.7. The maximum atomic E-state index is 12.5. The van der Waals surface area contributed by atoms with Crippen LogP contribution in [0, 0.1) is 0 Å². The summed E-state index contributed by atoms with van der Waals surface area (Å²) in [5, 5.41) is 8.43. The van der Waals surface area contributed by atoms with Crippen LogP contribution in [0.15, 0.2) is 48.5 Å². The van der Waals surface area contributed by atoms with Gasteiger partial charge >= 0.3 is 0 Å². The van der Waals surface area contributed by atoms with Gasteiger partial charge in [-0.05, 0) is 42.3 Å². The molecule has 0 saturated heterocycles. The van der Waals surface area contributed by atoms with Crippen LogP contribution in [0.1, 0.15) is 36.7 Å². The number of hydrogen-bond acceptors (Lipinski definition) is 3. The molecule has 0 bridgehead atoms. The first kappa shape index (κ1) is 18.7. The van der Waals surface area contributed by atoms with E-state index in [2.05, 4.69) is 36.7 Å². The van der Waals surface area contributed by atoms with Crippen LogP contribution in [0.5, 0.6) is 0 Å². The number of rotatable bonds is 5. The number of nitrogens with one attached hydrogen (secondary N) is 3. The van der Waals surface area contributed by atoms with Gasteiger partial charge in [-0.3, -0.25) is 9.59 Å². The van der Waals surface area contributed by atoms with Crippen LogP contribution in [0.3, 0.4) is 0 Å². The van der Waals surface area contributed by atoms with E-state index in [0.29, 0.717) is 16.9 Å². The number of carbonyl (C=O) groups excluding carboxylic acids is 2. The predicted molar refractivity (Wildman–Crippen MR) is 102 cm³/mol. The molecule has 0 aliphatic heterocycles. The van der Waals surface area contributed by atoms with Crippen LogP contribution in [-0.4, -0.2) is 25.4 Å². The number of anilines is 2. The van der Waals surface area contributed by atoms with E-state index >= 15 is 0 Å². The molecule has 3 N–H and O–H groups in total. The Labute approximate surface area is 148 Å². The molecule has 0 atom stereocenters. The molecule has 132 valence electrons. The first-order chi connectivity index (χ1) is 11.8. The van der Waals surface area contributed by atoms with Gasteiger partial charge in [0, 0.05) is 5.56 Å². The number of amides is 2. The van der Waals surface area contributed by atoms with Gasteiger partial charge in [0.05, 0.1) is 17.9 Å². The highest BCUT2D eigenvalue weighted by molar-refractivity contribution is 6.07. The third-order valence-corrected chi connectivity index (χ3v) is 3.80. The molecule has 0 spiro atoms. The van der Waals surface area contributed by atoms with Crippen molar-refractivity contribution < 1.29 is 9.59 Å². The fraction of sp³-hybridized carbons (Fsp3) is 0.300. The lowest BCUT2D eigenvalue weighted by Crippen LogP contribution is -2.25. The highest BCUT2D eigenvalue weighted by Crippen LogP contribution is 2.24. The molecule has 0 aliphatic rings. The normalized spacial score (nSPS) is 11.0. The van der Waals surface area contributed by atoms with E-state index in [9.17, 15) is 9.59 Å². The van der Waals surface area contributed by atoms with Gasteiger partial charge in [-0.25, -0.2) is 0 Å². The Morgan fingerprint density at radius 3 is 1.96 bits per heavy atom. The van der Waals surface area contributed by atoms with Crippen molar-refractivity contribution in [2.24, 2.45) is 0 Å². The zero-order valence-electron chi connectivity index (χ0n) is 15.1. The second-order valence-corrected chi connectivity index (χ2v) is 6.91. The summed E-state index contributed by atoms with van der Waals surface area (Å²) in [7, 11) is 1.70. The molecule has 0 aliphatic carbocycles. The number of likely N-dealkylation sites (N-methyl/N-ethyl adjacent to an activating group) is 1. The summed E-state index contributed by atoms with van der Waals surface area (Å²) in [4.78, 5) is 24.3. The fourth-order valence-corrected chi connectivity index (χ4v) is 2.37. The zero-order chi connectivity index (χ0) is 18.4. The van der Waals surface area contributed by atoms with E-state index < -0.39 is 0 Å². The molecule has 2 aromatic rings. The van der Waals surface area contributed by atoms with Crippen molar-refractivity contribution in [3.63, 3.8) is 0 Å². The van der Waals surface area contributed by atoms with Crippen molar-refractivity contribution >= 4 is 23.2 Å². The van der Waals surface area contributed by atoms with Gasteiger partial charge < -0.3 is 16.0 Å². The van der Waals surface area contributed by atoms with E-state index in [4.69, 9.17) is 0 Å². The highest BCUT2D eigenvalue weighted by atomic mass is 16.2. The Balaban J connectivity index is 2.14. The van der Waals surface area contributed by atoms with Crippen molar-refractivity contribution in [3.05, 3.63) is 59.7 Å². The molecule has 5 nitrogen and oxygen atoms in total. The lowest BCUT2D eigenvalue weighted by atomic mass is 9.87. The van der Waals surface area contributed by atoms with E-state index in [-0.39, 0.29) is 23.8 Å². The SMILES string of the molecule is CNCC(=O)Nc1ccccc1NC(=O)c1ccc(C(C)(C)C)cc1. The monoisotopic (exact) mass is 339 g/mol. The largest absolute Gasteiger partial charge is 0.323 e. The van der Waals surface area contributed by atoms with Gasteiger partial charge in [-0.2, -0.15) is 0 Å². The Hall–Kier alpha value is -2.66. The summed E-state index contributed by atoms with van der Waals surface area (Å²) < 4.78 is 0. The Bertz CT molecular complexity index is 746. The number of carbonyl (C=O) groups is 2. The summed E-state index contributed by atoms with van der Waals surface area (Å²) in [5.74, 6) is -0.380. The van der Waals surface area contributed by atoms with Crippen molar-refractivity contribution in [1.29, 1.82) is 0 Å². The van der Waals surface area contributed by atoms with E-state index in [1.165, 1.54) is 5.56 Å². The topological polar surface area (TPSA) is 70.2 Å². The molecule has 0 heterocycles. The molecule has 0 saturated carbocycles.